The first-order chi connectivity index (χ1) is 19.7. The summed E-state index contributed by atoms with van der Waals surface area (Å²) in [6, 6.07) is 26.0. The second-order valence-corrected chi connectivity index (χ2v) is 10.3. The monoisotopic (exact) mass is 541 g/mol. The van der Waals surface area contributed by atoms with Crippen LogP contribution in [-0.2, 0) is 19.8 Å². The average Bonchev–Trinajstić information content (AvgIpc) is 2.99. The fourth-order valence-electron chi connectivity index (χ4n) is 4.80. The molecule has 4 rings (SSSR count). The van der Waals surface area contributed by atoms with E-state index in [4.69, 9.17) is 14.2 Å². The van der Waals surface area contributed by atoms with Gasteiger partial charge in [0, 0.05) is 18.0 Å². The van der Waals surface area contributed by atoms with Crippen molar-refractivity contribution in [1.29, 1.82) is 0 Å². The molecule has 0 saturated heterocycles. The summed E-state index contributed by atoms with van der Waals surface area (Å²) in [6.45, 7) is 6.27. The summed E-state index contributed by atoms with van der Waals surface area (Å²) in [5.74, 6) is 1.54. The molecule has 0 atom stereocenters. The molecule has 0 amide bonds. The lowest BCUT2D eigenvalue weighted by Crippen LogP contribution is -2.24. The van der Waals surface area contributed by atoms with Gasteiger partial charge in [-0.3, -0.25) is 4.79 Å². The molecule has 0 fully saturated rings. The van der Waals surface area contributed by atoms with Crippen molar-refractivity contribution in [3.63, 3.8) is 0 Å². The third-order valence-corrected chi connectivity index (χ3v) is 7.10. The van der Waals surface area contributed by atoms with Crippen LogP contribution in [0.4, 0.5) is 0 Å². The molecule has 0 N–H and O–H groups in total. The number of benzene rings is 3. The molecule has 0 unspecified atom stereocenters. The van der Waals surface area contributed by atoms with Crippen molar-refractivity contribution >= 4 is 10.9 Å². The number of ether oxygens (including phenoxy) is 3. The number of hydrogen-bond donors (Lipinski definition) is 0. The van der Waals surface area contributed by atoms with Gasteiger partial charge in [0.2, 0.25) is 5.75 Å². The SMILES string of the molecule is CCCCCCCCn1c(=O)c(OCCCC)c(OCc2ccccc2)c2ccc(OCc3ccccc3)cc21. The molecule has 1 aromatic heterocycles. The van der Waals surface area contributed by atoms with E-state index >= 15 is 0 Å². The number of hydrogen-bond acceptors (Lipinski definition) is 4. The first-order valence-electron chi connectivity index (χ1n) is 14.9. The van der Waals surface area contributed by atoms with Crippen LogP contribution in [0, 0.1) is 0 Å². The Morgan fingerprint density at radius 2 is 1.25 bits per heavy atom. The molecule has 0 radical (unpaired) electrons. The minimum Gasteiger partial charge on any atom is -0.489 e. The molecule has 4 aromatic rings. The molecule has 5 heteroatoms. The van der Waals surface area contributed by atoms with Gasteiger partial charge in [0.15, 0.2) is 5.75 Å². The third-order valence-electron chi connectivity index (χ3n) is 7.10. The van der Waals surface area contributed by atoms with Crippen LogP contribution in [0.2, 0.25) is 0 Å². The van der Waals surface area contributed by atoms with Gasteiger partial charge in [0.1, 0.15) is 19.0 Å². The number of rotatable bonds is 17. The zero-order valence-electron chi connectivity index (χ0n) is 24.1. The van der Waals surface area contributed by atoms with Crippen LogP contribution in [0.1, 0.15) is 76.3 Å². The van der Waals surface area contributed by atoms with E-state index < -0.39 is 0 Å². The molecular formula is C35H43NO4. The maximum absolute atomic E-state index is 14.0. The highest BCUT2D eigenvalue weighted by molar-refractivity contribution is 5.89. The molecule has 3 aromatic carbocycles. The topological polar surface area (TPSA) is 49.7 Å². The van der Waals surface area contributed by atoms with Crippen LogP contribution in [0.5, 0.6) is 17.2 Å². The smallest absolute Gasteiger partial charge is 0.297 e. The Morgan fingerprint density at radius 3 is 1.93 bits per heavy atom. The summed E-state index contributed by atoms with van der Waals surface area (Å²) >= 11 is 0. The first-order valence-corrected chi connectivity index (χ1v) is 14.9. The molecule has 0 spiro atoms. The second-order valence-electron chi connectivity index (χ2n) is 10.3. The van der Waals surface area contributed by atoms with Crippen LogP contribution in [0.15, 0.2) is 83.7 Å². The van der Waals surface area contributed by atoms with Crippen molar-refractivity contribution in [3.8, 4) is 17.2 Å². The number of fused-ring (bicyclic) bond motifs is 1. The van der Waals surface area contributed by atoms with Gasteiger partial charge in [0.05, 0.1) is 12.1 Å². The van der Waals surface area contributed by atoms with E-state index in [2.05, 4.69) is 13.8 Å². The minimum atomic E-state index is -0.138. The van der Waals surface area contributed by atoms with Crippen molar-refractivity contribution in [2.75, 3.05) is 6.61 Å². The molecule has 0 saturated carbocycles. The highest BCUT2D eigenvalue weighted by Crippen LogP contribution is 2.36. The molecule has 1 heterocycles. The highest BCUT2D eigenvalue weighted by atomic mass is 16.5. The largest absolute Gasteiger partial charge is 0.489 e. The molecule has 5 nitrogen and oxygen atoms in total. The lowest BCUT2D eigenvalue weighted by atomic mass is 10.1. The highest BCUT2D eigenvalue weighted by Gasteiger charge is 2.21. The van der Waals surface area contributed by atoms with Gasteiger partial charge in [-0.15, -0.1) is 0 Å². The zero-order chi connectivity index (χ0) is 28.0. The number of aryl methyl sites for hydroxylation is 1. The molecule has 0 aliphatic carbocycles. The van der Waals surface area contributed by atoms with Crippen molar-refractivity contribution in [1.82, 2.24) is 4.57 Å². The Labute approximate surface area is 238 Å². The van der Waals surface area contributed by atoms with Crippen molar-refractivity contribution in [2.24, 2.45) is 0 Å². The van der Waals surface area contributed by atoms with E-state index in [0.717, 1.165) is 53.5 Å². The standard InChI is InChI=1S/C35H43NO4/c1-3-5-7-8-9-16-23-36-32-25-30(39-26-28-17-12-10-13-18-28)21-22-31(32)33(34(35(36)37)38-24-6-4-2)40-27-29-19-14-11-15-20-29/h10-15,17-22,25H,3-9,16,23-24,26-27H2,1-2H3. The van der Waals surface area contributed by atoms with Crippen LogP contribution in [0.3, 0.4) is 0 Å². The molecule has 212 valence electrons. The van der Waals surface area contributed by atoms with Crippen LogP contribution in [-0.4, -0.2) is 11.2 Å². The van der Waals surface area contributed by atoms with E-state index in [9.17, 15) is 4.79 Å². The number of unbranched alkanes of at least 4 members (excludes halogenated alkanes) is 6. The molecule has 40 heavy (non-hydrogen) atoms. The summed E-state index contributed by atoms with van der Waals surface area (Å²) in [7, 11) is 0. The molecule has 0 aliphatic heterocycles. The maximum atomic E-state index is 14.0. The maximum Gasteiger partial charge on any atom is 0.297 e. The van der Waals surface area contributed by atoms with E-state index in [1.54, 1.807) is 0 Å². The number of aromatic nitrogens is 1. The molecule has 0 aliphatic rings. The minimum absolute atomic E-state index is 0.138. The van der Waals surface area contributed by atoms with E-state index in [0.29, 0.717) is 37.9 Å². The molecule has 0 bridgehead atoms. The quantitative estimate of drug-likeness (QED) is 0.125. The summed E-state index contributed by atoms with van der Waals surface area (Å²) in [6.07, 6.45) is 8.79. The van der Waals surface area contributed by atoms with Crippen LogP contribution >= 0.6 is 0 Å². The predicted octanol–water partition coefficient (Wildman–Crippen LogP) is 8.70. The average molecular weight is 542 g/mol. The number of nitrogens with zero attached hydrogens (tertiary/aromatic N) is 1. The zero-order valence-corrected chi connectivity index (χ0v) is 24.1. The fourth-order valence-corrected chi connectivity index (χ4v) is 4.80. The second kappa shape index (κ2) is 15.8. The molecular weight excluding hydrogens is 498 g/mol. The lowest BCUT2D eigenvalue weighted by Gasteiger charge is -2.19. The van der Waals surface area contributed by atoms with Gasteiger partial charge < -0.3 is 18.8 Å². The van der Waals surface area contributed by atoms with Crippen LogP contribution in [0.25, 0.3) is 10.9 Å². The van der Waals surface area contributed by atoms with Crippen molar-refractivity contribution < 1.29 is 14.2 Å². The normalized spacial score (nSPS) is 11.1. The fraction of sp³-hybridized carbons (Fsp3) is 0.400. The van der Waals surface area contributed by atoms with Gasteiger partial charge in [0.25, 0.3) is 5.56 Å². The Hall–Kier alpha value is -3.73. The summed E-state index contributed by atoms with van der Waals surface area (Å²) in [4.78, 5) is 14.0. The van der Waals surface area contributed by atoms with Crippen molar-refractivity contribution in [3.05, 3.63) is 100 Å². The summed E-state index contributed by atoms with van der Waals surface area (Å²) in [5, 5.41) is 0.861. The van der Waals surface area contributed by atoms with Gasteiger partial charge in [-0.25, -0.2) is 0 Å². The Bertz CT molecular complexity index is 1370. The van der Waals surface area contributed by atoms with Crippen molar-refractivity contribution in [2.45, 2.75) is 85.0 Å². The number of pyridine rings is 1. The summed E-state index contributed by atoms with van der Waals surface area (Å²) in [5.41, 5.74) is 2.81. The van der Waals surface area contributed by atoms with E-state index in [-0.39, 0.29) is 5.56 Å². The Kier molecular flexibility index (Phi) is 11.5. The third kappa shape index (κ3) is 8.14. The van der Waals surface area contributed by atoms with Gasteiger partial charge in [-0.05, 0) is 36.1 Å². The van der Waals surface area contributed by atoms with Gasteiger partial charge >= 0.3 is 0 Å². The van der Waals surface area contributed by atoms with E-state index in [1.807, 2.05) is 83.4 Å². The predicted molar refractivity (Wildman–Crippen MR) is 164 cm³/mol. The summed E-state index contributed by atoms with van der Waals surface area (Å²) < 4.78 is 20.5. The Balaban J connectivity index is 1.70. The Morgan fingerprint density at radius 1 is 0.625 bits per heavy atom. The lowest BCUT2D eigenvalue weighted by molar-refractivity contribution is 0.256. The van der Waals surface area contributed by atoms with E-state index in [1.165, 1.54) is 25.7 Å². The van der Waals surface area contributed by atoms with Gasteiger partial charge in [-0.2, -0.15) is 0 Å². The first kappa shape index (κ1) is 29.3. The van der Waals surface area contributed by atoms with Crippen LogP contribution < -0.4 is 19.8 Å². The van der Waals surface area contributed by atoms with Gasteiger partial charge in [-0.1, -0.05) is 113 Å².